The number of carbonyl (C=O) groups is 1. The maximum absolute atomic E-state index is 14.1. The van der Waals surface area contributed by atoms with Crippen LogP contribution in [0.3, 0.4) is 0 Å². The molecule has 0 unspecified atom stereocenters. The number of nitriles is 1. The predicted molar refractivity (Wildman–Crippen MR) is 92.2 cm³/mol. The number of piperazine rings is 1. The first kappa shape index (κ1) is 16.8. The number of anilines is 1. The van der Waals surface area contributed by atoms with E-state index in [0.717, 1.165) is 0 Å². The van der Waals surface area contributed by atoms with E-state index in [-0.39, 0.29) is 5.91 Å². The lowest BCUT2D eigenvalue weighted by Crippen LogP contribution is -2.49. The summed E-state index contributed by atoms with van der Waals surface area (Å²) in [6.45, 7) is 2.10. The molecule has 3 rings (SSSR count). The molecule has 1 aliphatic heterocycles. The molecule has 1 aliphatic rings. The summed E-state index contributed by atoms with van der Waals surface area (Å²) < 4.78 is 19.3. The zero-order valence-corrected chi connectivity index (χ0v) is 13.9. The number of hydrogen-bond acceptors (Lipinski definition) is 4. The van der Waals surface area contributed by atoms with Crippen LogP contribution in [0.5, 0.6) is 5.75 Å². The molecule has 1 amide bonds. The third-order valence-electron chi connectivity index (χ3n) is 4.30. The van der Waals surface area contributed by atoms with Gasteiger partial charge in [-0.1, -0.05) is 6.07 Å². The van der Waals surface area contributed by atoms with Crippen molar-refractivity contribution < 1.29 is 13.9 Å². The van der Waals surface area contributed by atoms with Crippen molar-refractivity contribution in [2.75, 3.05) is 38.2 Å². The highest BCUT2D eigenvalue weighted by Gasteiger charge is 2.24. The van der Waals surface area contributed by atoms with Crippen molar-refractivity contribution in [3.8, 4) is 11.8 Å². The van der Waals surface area contributed by atoms with Crippen LogP contribution in [0.1, 0.15) is 15.9 Å². The minimum atomic E-state index is -0.411. The van der Waals surface area contributed by atoms with Crippen molar-refractivity contribution in [1.82, 2.24) is 4.90 Å². The fraction of sp³-hybridized carbons (Fsp3) is 0.263. The van der Waals surface area contributed by atoms with Gasteiger partial charge in [-0.3, -0.25) is 4.79 Å². The van der Waals surface area contributed by atoms with Crippen LogP contribution < -0.4 is 9.64 Å². The van der Waals surface area contributed by atoms with Crippen molar-refractivity contribution in [3.63, 3.8) is 0 Å². The SMILES string of the molecule is COc1cccc(C(=O)N2CCN(c3ccc(C#N)cc3F)CC2)c1. The van der Waals surface area contributed by atoms with Crippen LogP contribution >= 0.6 is 0 Å². The van der Waals surface area contributed by atoms with Crippen molar-refractivity contribution in [2.24, 2.45) is 0 Å². The highest BCUT2D eigenvalue weighted by molar-refractivity contribution is 5.94. The molecule has 0 radical (unpaired) electrons. The minimum absolute atomic E-state index is 0.0566. The highest BCUT2D eigenvalue weighted by Crippen LogP contribution is 2.22. The number of benzene rings is 2. The Labute approximate surface area is 145 Å². The summed E-state index contributed by atoms with van der Waals surface area (Å²) >= 11 is 0. The van der Waals surface area contributed by atoms with Crippen molar-refractivity contribution in [2.45, 2.75) is 0 Å². The Kier molecular flexibility index (Phi) is 4.85. The van der Waals surface area contributed by atoms with Crippen LogP contribution in [0.15, 0.2) is 42.5 Å². The van der Waals surface area contributed by atoms with E-state index in [0.29, 0.717) is 48.7 Å². The molecule has 1 saturated heterocycles. The van der Waals surface area contributed by atoms with Crippen molar-refractivity contribution in [3.05, 3.63) is 59.4 Å². The van der Waals surface area contributed by atoms with Gasteiger partial charge in [0.05, 0.1) is 24.4 Å². The zero-order chi connectivity index (χ0) is 17.8. The number of amides is 1. The molecule has 2 aromatic rings. The van der Waals surface area contributed by atoms with Gasteiger partial charge >= 0.3 is 0 Å². The molecule has 0 spiro atoms. The van der Waals surface area contributed by atoms with Gasteiger partial charge in [-0.2, -0.15) is 5.26 Å². The summed E-state index contributed by atoms with van der Waals surface area (Å²) in [5, 5.41) is 8.82. The van der Waals surface area contributed by atoms with Gasteiger partial charge < -0.3 is 14.5 Å². The summed E-state index contributed by atoms with van der Waals surface area (Å²) in [6.07, 6.45) is 0. The summed E-state index contributed by atoms with van der Waals surface area (Å²) in [4.78, 5) is 16.3. The summed E-state index contributed by atoms with van der Waals surface area (Å²) in [5.41, 5.74) is 1.35. The van der Waals surface area contributed by atoms with Crippen LogP contribution in [-0.2, 0) is 0 Å². The highest BCUT2D eigenvalue weighted by atomic mass is 19.1. The molecule has 0 bridgehead atoms. The van der Waals surface area contributed by atoms with E-state index in [4.69, 9.17) is 10.00 Å². The van der Waals surface area contributed by atoms with Gasteiger partial charge in [0.15, 0.2) is 0 Å². The van der Waals surface area contributed by atoms with Gasteiger partial charge in [0.25, 0.3) is 5.91 Å². The molecule has 0 aliphatic carbocycles. The lowest BCUT2D eigenvalue weighted by molar-refractivity contribution is 0.0746. The van der Waals surface area contributed by atoms with Gasteiger partial charge in [0.2, 0.25) is 0 Å². The van der Waals surface area contributed by atoms with Crippen LogP contribution in [0.2, 0.25) is 0 Å². The molecule has 25 heavy (non-hydrogen) atoms. The molecule has 0 N–H and O–H groups in total. The Hall–Kier alpha value is -3.07. The van der Waals surface area contributed by atoms with E-state index in [1.807, 2.05) is 11.0 Å². The molecule has 0 atom stereocenters. The number of nitrogens with zero attached hydrogens (tertiary/aromatic N) is 3. The average Bonchev–Trinajstić information content (AvgIpc) is 2.67. The smallest absolute Gasteiger partial charge is 0.254 e. The van der Waals surface area contributed by atoms with E-state index < -0.39 is 5.82 Å². The molecule has 0 aromatic heterocycles. The maximum Gasteiger partial charge on any atom is 0.254 e. The van der Waals surface area contributed by atoms with Gasteiger partial charge in [-0.25, -0.2) is 4.39 Å². The molecular formula is C19H18FN3O2. The predicted octanol–water partition coefficient (Wildman–Crippen LogP) is 2.67. The quantitative estimate of drug-likeness (QED) is 0.863. The summed E-state index contributed by atoms with van der Waals surface area (Å²) in [7, 11) is 1.56. The average molecular weight is 339 g/mol. The Morgan fingerprint density at radius 3 is 2.56 bits per heavy atom. The Bertz CT molecular complexity index is 824. The van der Waals surface area contributed by atoms with Crippen molar-refractivity contribution in [1.29, 1.82) is 5.26 Å². The first-order valence-electron chi connectivity index (χ1n) is 8.00. The number of rotatable bonds is 3. The van der Waals surface area contributed by atoms with Gasteiger partial charge in [-0.15, -0.1) is 0 Å². The zero-order valence-electron chi connectivity index (χ0n) is 13.9. The normalized spacial score (nSPS) is 14.1. The van der Waals surface area contributed by atoms with E-state index in [2.05, 4.69) is 0 Å². The molecule has 2 aromatic carbocycles. The van der Waals surface area contributed by atoms with Crippen molar-refractivity contribution >= 4 is 11.6 Å². The summed E-state index contributed by atoms with van der Waals surface area (Å²) in [5.74, 6) is 0.176. The number of carbonyl (C=O) groups excluding carboxylic acids is 1. The summed E-state index contributed by atoms with van der Waals surface area (Å²) in [6, 6.07) is 13.4. The molecule has 1 fully saturated rings. The first-order chi connectivity index (χ1) is 12.1. The third-order valence-corrected chi connectivity index (χ3v) is 4.30. The molecule has 128 valence electrons. The van der Waals surface area contributed by atoms with E-state index >= 15 is 0 Å². The Balaban J connectivity index is 1.67. The van der Waals surface area contributed by atoms with Gasteiger partial charge in [-0.05, 0) is 36.4 Å². The lowest BCUT2D eigenvalue weighted by Gasteiger charge is -2.36. The van der Waals surface area contributed by atoms with Crippen LogP contribution in [0.4, 0.5) is 10.1 Å². The Morgan fingerprint density at radius 1 is 1.16 bits per heavy atom. The fourth-order valence-corrected chi connectivity index (χ4v) is 2.92. The van der Waals surface area contributed by atoms with Gasteiger partial charge in [0.1, 0.15) is 11.6 Å². The molecule has 0 saturated carbocycles. The number of methoxy groups -OCH3 is 1. The number of ether oxygens (including phenoxy) is 1. The molecular weight excluding hydrogens is 321 g/mol. The van der Waals surface area contributed by atoms with Gasteiger partial charge in [0, 0.05) is 31.7 Å². The van der Waals surface area contributed by atoms with Crippen LogP contribution in [0.25, 0.3) is 0 Å². The van der Waals surface area contributed by atoms with Crippen LogP contribution in [0, 0.1) is 17.1 Å². The minimum Gasteiger partial charge on any atom is -0.497 e. The first-order valence-corrected chi connectivity index (χ1v) is 8.00. The number of halogens is 1. The molecule has 6 heteroatoms. The second kappa shape index (κ2) is 7.22. The monoisotopic (exact) mass is 339 g/mol. The van der Waals surface area contributed by atoms with E-state index in [1.54, 1.807) is 48.4 Å². The second-order valence-electron chi connectivity index (χ2n) is 5.79. The van der Waals surface area contributed by atoms with E-state index in [1.165, 1.54) is 6.07 Å². The Morgan fingerprint density at radius 2 is 1.92 bits per heavy atom. The number of hydrogen-bond donors (Lipinski definition) is 0. The largest absolute Gasteiger partial charge is 0.497 e. The molecule has 1 heterocycles. The topological polar surface area (TPSA) is 56.6 Å². The molecule has 5 nitrogen and oxygen atoms in total. The third kappa shape index (κ3) is 3.56. The second-order valence-corrected chi connectivity index (χ2v) is 5.79. The van der Waals surface area contributed by atoms with Crippen LogP contribution in [-0.4, -0.2) is 44.1 Å². The lowest BCUT2D eigenvalue weighted by atomic mass is 10.1. The standard InChI is InChI=1S/C19H18FN3O2/c1-25-16-4-2-3-15(12-16)19(24)23-9-7-22(8-10-23)18-6-5-14(13-21)11-17(18)20/h2-6,11-12H,7-10H2,1H3. The fourth-order valence-electron chi connectivity index (χ4n) is 2.92. The maximum atomic E-state index is 14.1. The van der Waals surface area contributed by atoms with E-state index in [9.17, 15) is 9.18 Å².